The Morgan fingerprint density at radius 1 is 1.36 bits per heavy atom. The molecule has 0 N–H and O–H groups in total. The van der Waals surface area contributed by atoms with E-state index in [9.17, 15) is 0 Å². The maximum absolute atomic E-state index is 5.20. The van der Waals surface area contributed by atoms with Crippen LogP contribution in [-0.2, 0) is 4.74 Å². The highest BCUT2D eigenvalue weighted by Crippen LogP contribution is 2.24. The minimum atomic E-state index is 0.406. The van der Waals surface area contributed by atoms with Crippen molar-refractivity contribution in [1.82, 2.24) is 19.5 Å². The molecule has 6 nitrogen and oxygen atoms in total. The van der Waals surface area contributed by atoms with E-state index >= 15 is 0 Å². The molecule has 1 aliphatic heterocycles. The van der Waals surface area contributed by atoms with Gasteiger partial charge in [0.05, 0.1) is 12.3 Å². The van der Waals surface area contributed by atoms with Crippen LogP contribution in [0.4, 0.5) is 5.82 Å². The lowest BCUT2D eigenvalue weighted by molar-refractivity contribution is 0.159. The fourth-order valence-corrected chi connectivity index (χ4v) is 3.63. The van der Waals surface area contributed by atoms with Crippen molar-refractivity contribution in [3.05, 3.63) is 23.5 Å². The maximum Gasteiger partial charge on any atom is 0.157 e. The van der Waals surface area contributed by atoms with E-state index in [2.05, 4.69) is 47.9 Å². The van der Waals surface area contributed by atoms with E-state index < -0.39 is 0 Å². The van der Waals surface area contributed by atoms with Crippen molar-refractivity contribution in [3.8, 4) is 0 Å². The second-order valence-corrected chi connectivity index (χ2v) is 7.58. The molecule has 0 amide bonds. The number of fused-ring (bicyclic) bond motifs is 1. The topological polar surface area (TPSA) is 45.9 Å². The van der Waals surface area contributed by atoms with Crippen LogP contribution in [0, 0.1) is 12.8 Å². The first-order valence-electron chi connectivity index (χ1n) is 9.27. The van der Waals surface area contributed by atoms with Gasteiger partial charge < -0.3 is 14.5 Å². The van der Waals surface area contributed by atoms with E-state index in [1.54, 1.807) is 7.11 Å². The van der Waals surface area contributed by atoms with Gasteiger partial charge in [-0.15, -0.1) is 0 Å². The summed E-state index contributed by atoms with van der Waals surface area (Å²) >= 11 is 0. The average Bonchev–Trinajstić information content (AvgIpc) is 3.16. The van der Waals surface area contributed by atoms with Crippen LogP contribution in [0.2, 0.25) is 0 Å². The molecule has 0 saturated carbocycles. The van der Waals surface area contributed by atoms with Gasteiger partial charge in [-0.3, -0.25) is 0 Å². The SMILES string of the molecule is COCCN1CC[C@@H](CN(C)c2cc(C(C)C)nc3cc(C)nn23)C1. The van der Waals surface area contributed by atoms with Gasteiger partial charge in [0.25, 0.3) is 0 Å². The Morgan fingerprint density at radius 3 is 2.88 bits per heavy atom. The van der Waals surface area contributed by atoms with E-state index in [1.807, 2.05) is 11.4 Å². The number of rotatable bonds is 7. The molecule has 0 unspecified atom stereocenters. The number of hydrogen-bond donors (Lipinski definition) is 0. The number of ether oxygens (including phenoxy) is 1. The summed E-state index contributed by atoms with van der Waals surface area (Å²) in [6.07, 6.45) is 1.25. The summed E-state index contributed by atoms with van der Waals surface area (Å²) in [5.41, 5.74) is 3.08. The standard InChI is InChI=1S/C19H31N5O/c1-14(2)17-11-19(24-18(20-17)10-15(3)21-24)22(4)12-16-6-7-23(13-16)8-9-25-5/h10-11,14,16H,6-9,12-13H2,1-5H3/t16-/m0/s1. The van der Waals surface area contributed by atoms with Gasteiger partial charge in [-0.1, -0.05) is 13.8 Å². The van der Waals surface area contributed by atoms with Crippen molar-refractivity contribution < 1.29 is 4.74 Å². The van der Waals surface area contributed by atoms with Crippen LogP contribution in [-0.4, -0.2) is 66.4 Å². The number of anilines is 1. The van der Waals surface area contributed by atoms with Crippen molar-refractivity contribution in [3.63, 3.8) is 0 Å². The first-order chi connectivity index (χ1) is 12.0. The Kier molecular flexibility index (Phi) is 5.59. The van der Waals surface area contributed by atoms with E-state index in [4.69, 9.17) is 9.72 Å². The van der Waals surface area contributed by atoms with Crippen molar-refractivity contribution in [2.45, 2.75) is 33.1 Å². The molecule has 1 aliphatic rings. The minimum Gasteiger partial charge on any atom is -0.383 e. The van der Waals surface area contributed by atoms with Crippen molar-refractivity contribution in [2.75, 3.05) is 51.8 Å². The molecule has 3 heterocycles. The van der Waals surface area contributed by atoms with Gasteiger partial charge in [-0.05, 0) is 31.7 Å². The summed E-state index contributed by atoms with van der Waals surface area (Å²) < 4.78 is 7.19. The predicted molar refractivity (Wildman–Crippen MR) is 102 cm³/mol. The predicted octanol–water partition coefficient (Wildman–Crippen LogP) is 2.57. The van der Waals surface area contributed by atoms with Crippen LogP contribution in [0.15, 0.2) is 12.1 Å². The molecule has 0 bridgehead atoms. The summed E-state index contributed by atoms with van der Waals surface area (Å²) in [4.78, 5) is 9.61. The summed E-state index contributed by atoms with van der Waals surface area (Å²) in [5, 5.41) is 4.65. The third-order valence-corrected chi connectivity index (χ3v) is 5.05. The van der Waals surface area contributed by atoms with Crippen molar-refractivity contribution >= 4 is 11.5 Å². The first kappa shape index (κ1) is 18.1. The maximum atomic E-state index is 5.20. The second-order valence-electron chi connectivity index (χ2n) is 7.58. The fourth-order valence-electron chi connectivity index (χ4n) is 3.63. The Morgan fingerprint density at radius 2 is 2.16 bits per heavy atom. The minimum absolute atomic E-state index is 0.406. The highest BCUT2D eigenvalue weighted by molar-refractivity contribution is 5.52. The van der Waals surface area contributed by atoms with Crippen LogP contribution in [0.1, 0.15) is 37.6 Å². The van der Waals surface area contributed by atoms with Crippen molar-refractivity contribution in [2.24, 2.45) is 5.92 Å². The molecule has 138 valence electrons. The van der Waals surface area contributed by atoms with E-state index in [1.165, 1.54) is 13.0 Å². The van der Waals surface area contributed by atoms with Crippen LogP contribution in [0.5, 0.6) is 0 Å². The third-order valence-electron chi connectivity index (χ3n) is 5.05. The van der Waals surface area contributed by atoms with Gasteiger partial charge in [0.1, 0.15) is 5.82 Å². The largest absolute Gasteiger partial charge is 0.383 e. The number of likely N-dealkylation sites (tertiary alicyclic amines) is 1. The molecule has 2 aromatic rings. The zero-order valence-electron chi connectivity index (χ0n) is 16.2. The van der Waals surface area contributed by atoms with Gasteiger partial charge in [0.2, 0.25) is 0 Å². The van der Waals surface area contributed by atoms with E-state index in [0.29, 0.717) is 11.8 Å². The zero-order chi connectivity index (χ0) is 18.0. The number of aromatic nitrogens is 3. The number of hydrogen-bond acceptors (Lipinski definition) is 5. The van der Waals surface area contributed by atoms with Crippen LogP contribution >= 0.6 is 0 Å². The van der Waals surface area contributed by atoms with E-state index in [-0.39, 0.29) is 0 Å². The van der Waals surface area contributed by atoms with Gasteiger partial charge in [-0.25, -0.2) is 4.98 Å². The zero-order valence-corrected chi connectivity index (χ0v) is 16.2. The van der Waals surface area contributed by atoms with Crippen molar-refractivity contribution in [1.29, 1.82) is 0 Å². The monoisotopic (exact) mass is 345 g/mol. The van der Waals surface area contributed by atoms with Crippen LogP contribution in [0.3, 0.4) is 0 Å². The van der Waals surface area contributed by atoms with Gasteiger partial charge in [0.15, 0.2) is 5.65 Å². The molecule has 1 fully saturated rings. The molecule has 6 heteroatoms. The molecule has 0 radical (unpaired) electrons. The smallest absolute Gasteiger partial charge is 0.157 e. The Labute approximate surface area is 150 Å². The number of methoxy groups -OCH3 is 1. The molecule has 1 saturated heterocycles. The molecule has 25 heavy (non-hydrogen) atoms. The molecule has 3 rings (SSSR count). The van der Waals surface area contributed by atoms with Gasteiger partial charge in [-0.2, -0.15) is 9.61 Å². The number of nitrogens with zero attached hydrogens (tertiary/aromatic N) is 5. The Bertz CT molecular complexity index is 711. The molecule has 0 aliphatic carbocycles. The van der Waals surface area contributed by atoms with Crippen LogP contribution in [0.25, 0.3) is 5.65 Å². The third kappa shape index (κ3) is 4.12. The molecule has 0 aromatic carbocycles. The summed E-state index contributed by atoms with van der Waals surface area (Å²) in [5.74, 6) is 2.23. The Hall–Kier alpha value is -1.66. The summed E-state index contributed by atoms with van der Waals surface area (Å²) in [6, 6.07) is 4.26. The second kappa shape index (κ2) is 7.70. The molecule has 0 spiro atoms. The molecular formula is C19H31N5O. The van der Waals surface area contributed by atoms with Crippen LogP contribution < -0.4 is 4.90 Å². The lowest BCUT2D eigenvalue weighted by Crippen LogP contribution is -2.30. The lowest BCUT2D eigenvalue weighted by Gasteiger charge is -2.24. The first-order valence-corrected chi connectivity index (χ1v) is 9.27. The highest BCUT2D eigenvalue weighted by Gasteiger charge is 2.24. The fraction of sp³-hybridized carbons (Fsp3) is 0.684. The number of aryl methyl sites for hydroxylation is 1. The molecule has 2 aromatic heterocycles. The quantitative estimate of drug-likeness (QED) is 0.772. The van der Waals surface area contributed by atoms with Gasteiger partial charge >= 0.3 is 0 Å². The normalized spacial score (nSPS) is 18.6. The van der Waals surface area contributed by atoms with E-state index in [0.717, 1.165) is 49.1 Å². The van der Waals surface area contributed by atoms with Gasteiger partial charge in [0, 0.05) is 51.6 Å². The highest BCUT2D eigenvalue weighted by atomic mass is 16.5. The summed E-state index contributed by atoms with van der Waals surface area (Å²) in [6.45, 7) is 11.6. The molecule has 1 atom stereocenters. The Balaban J connectivity index is 1.76. The average molecular weight is 345 g/mol. The molecular weight excluding hydrogens is 314 g/mol. The summed E-state index contributed by atoms with van der Waals surface area (Å²) in [7, 11) is 3.95. The lowest BCUT2D eigenvalue weighted by atomic mass is 10.1.